The first-order chi connectivity index (χ1) is 12.2. The molecule has 2 heterocycles. The first-order valence-corrected chi connectivity index (χ1v) is 9.00. The molecule has 0 N–H and O–H groups in total. The lowest BCUT2D eigenvalue weighted by molar-refractivity contribution is -0.148. The van der Waals surface area contributed by atoms with Crippen molar-refractivity contribution >= 4 is 40.4 Å². The summed E-state index contributed by atoms with van der Waals surface area (Å²) in [5.74, 6) is -0.761. The van der Waals surface area contributed by atoms with Gasteiger partial charge in [0.1, 0.15) is 16.1 Å². The highest BCUT2D eigenvalue weighted by atomic mass is 35.5. The van der Waals surface area contributed by atoms with Crippen LogP contribution in [0.4, 0.5) is 8.78 Å². The van der Waals surface area contributed by atoms with E-state index in [-0.39, 0.29) is 5.56 Å². The van der Waals surface area contributed by atoms with Gasteiger partial charge in [-0.2, -0.15) is 5.10 Å². The van der Waals surface area contributed by atoms with Gasteiger partial charge in [-0.1, -0.05) is 23.2 Å². The van der Waals surface area contributed by atoms with Crippen molar-refractivity contribution in [2.45, 2.75) is 25.5 Å². The number of carbonyl (C=O) groups is 1. The van der Waals surface area contributed by atoms with E-state index in [4.69, 9.17) is 32.8 Å². The van der Waals surface area contributed by atoms with Crippen molar-refractivity contribution in [3.8, 4) is 0 Å². The Kier molecular flexibility index (Phi) is 6.98. The topological polar surface area (TPSA) is 56.6 Å². The zero-order valence-corrected chi connectivity index (χ0v) is 16.7. The second kappa shape index (κ2) is 8.62. The Labute approximate surface area is 163 Å². The first-order valence-electron chi connectivity index (χ1n) is 7.37. The van der Waals surface area contributed by atoms with E-state index in [2.05, 4.69) is 5.10 Å². The molecule has 2 aromatic heterocycles. The number of hydrogen-bond donors (Lipinski definition) is 0. The summed E-state index contributed by atoms with van der Waals surface area (Å²) in [6.07, 6.45) is -2.35. The second-order valence-corrected chi connectivity index (χ2v) is 7.25. The quantitative estimate of drug-likeness (QED) is 0.610. The molecule has 0 aliphatic carbocycles. The van der Waals surface area contributed by atoms with Gasteiger partial charge < -0.3 is 4.74 Å². The molecular weight excluding hydrogens is 411 g/mol. The monoisotopic (exact) mass is 427 g/mol. The molecule has 0 saturated heterocycles. The SMILES string of the molecule is COC(c1csc(Cl)c1Cl)C(C)N(OC)C(=O)c1cn(C)nc1C(F)F. The summed E-state index contributed by atoms with van der Waals surface area (Å²) in [5, 5.41) is 6.62. The minimum absolute atomic E-state index is 0.250. The fourth-order valence-corrected chi connectivity index (χ4v) is 3.92. The molecule has 0 fully saturated rings. The number of hydrogen-bond acceptors (Lipinski definition) is 5. The normalized spacial score (nSPS) is 13.9. The number of halogens is 4. The highest BCUT2D eigenvalue weighted by molar-refractivity contribution is 7.15. The Morgan fingerprint density at radius 1 is 1.38 bits per heavy atom. The minimum Gasteiger partial charge on any atom is -0.374 e. The Hall–Kier alpha value is -1.26. The van der Waals surface area contributed by atoms with Gasteiger partial charge in [0, 0.05) is 25.9 Å². The van der Waals surface area contributed by atoms with Gasteiger partial charge in [0.2, 0.25) is 0 Å². The van der Waals surface area contributed by atoms with E-state index in [0.29, 0.717) is 14.9 Å². The van der Waals surface area contributed by atoms with Crippen molar-refractivity contribution < 1.29 is 23.1 Å². The van der Waals surface area contributed by atoms with Crippen LogP contribution in [-0.2, 0) is 16.6 Å². The van der Waals surface area contributed by atoms with E-state index in [1.165, 1.54) is 38.8 Å². The lowest BCUT2D eigenvalue weighted by atomic mass is 10.1. The smallest absolute Gasteiger partial charge is 0.282 e. The van der Waals surface area contributed by atoms with Crippen LogP contribution in [0.25, 0.3) is 0 Å². The summed E-state index contributed by atoms with van der Waals surface area (Å²) >= 11 is 13.4. The Balaban J connectivity index is 2.37. The van der Waals surface area contributed by atoms with Crippen LogP contribution < -0.4 is 0 Å². The molecule has 0 bridgehead atoms. The van der Waals surface area contributed by atoms with Gasteiger partial charge in [0.15, 0.2) is 0 Å². The third-order valence-corrected chi connectivity index (χ3v) is 5.63. The molecule has 0 saturated carbocycles. The van der Waals surface area contributed by atoms with Crippen molar-refractivity contribution in [2.24, 2.45) is 7.05 Å². The summed E-state index contributed by atoms with van der Waals surface area (Å²) in [4.78, 5) is 18.0. The maximum atomic E-state index is 13.2. The Morgan fingerprint density at radius 3 is 2.50 bits per heavy atom. The molecule has 2 rings (SSSR count). The number of aromatic nitrogens is 2. The van der Waals surface area contributed by atoms with Crippen LogP contribution in [0, 0.1) is 0 Å². The number of hydroxylamine groups is 2. The average molecular weight is 428 g/mol. The maximum Gasteiger partial charge on any atom is 0.282 e. The standard InChI is InChI=1S/C15H17Cl2F2N3O3S/c1-7(12(24-3)9-6-26-13(17)10(9)16)22(25-4)15(23)8-5-21(2)20-11(8)14(18)19/h5-7,12,14H,1-4H3. The third kappa shape index (κ3) is 4.01. The molecule has 1 amide bonds. The molecule has 2 atom stereocenters. The molecule has 6 nitrogen and oxygen atoms in total. The molecule has 11 heteroatoms. The number of thiophene rings is 1. The van der Waals surface area contributed by atoms with Crippen molar-refractivity contribution in [2.75, 3.05) is 14.2 Å². The molecule has 26 heavy (non-hydrogen) atoms. The van der Waals surface area contributed by atoms with E-state index in [1.807, 2.05) is 0 Å². The zero-order valence-electron chi connectivity index (χ0n) is 14.4. The maximum absolute atomic E-state index is 13.2. The van der Waals surface area contributed by atoms with Gasteiger partial charge in [-0.3, -0.25) is 14.3 Å². The third-order valence-electron chi connectivity index (χ3n) is 3.78. The number of nitrogens with zero attached hydrogens (tertiary/aromatic N) is 3. The minimum atomic E-state index is -2.90. The van der Waals surface area contributed by atoms with Crippen LogP contribution in [0.15, 0.2) is 11.6 Å². The van der Waals surface area contributed by atoms with Gasteiger partial charge in [-0.05, 0) is 12.3 Å². The summed E-state index contributed by atoms with van der Waals surface area (Å²) in [6, 6.07) is -0.689. The average Bonchev–Trinajstić information content (AvgIpc) is 3.14. The second-order valence-electron chi connectivity index (χ2n) is 5.39. The molecule has 0 aliphatic heterocycles. The predicted octanol–water partition coefficient (Wildman–Crippen LogP) is 4.51. The van der Waals surface area contributed by atoms with E-state index < -0.39 is 30.2 Å². The highest BCUT2D eigenvalue weighted by Gasteiger charge is 2.35. The number of alkyl halides is 2. The summed E-state index contributed by atoms with van der Waals surface area (Å²) < 4.78 is 33.3. The molecule has 0 aromatic carbocycles. The number of carbonyl (C=O) groups excluding carboxylic acids is 1. The highest BCUT2D eigenvalue weighted by Crippen LogP contribution is 2.39. The molecule has 0 aliphatic rings. The Morgan fingerprint density at radius 2 is 2.04 bits per heavy atom. The van der Waals surface area contributed by atoms with Crippen LogP contribution >= 0.6 is 34.5 Å². The van der Waals surface area contributed by atoms with E-state index in [9.17, 15) is 13.6 Å². The van der Waals surface area contributed by atoms with E-state index in [0.717, 1.165) is 9.75 Å². The molecule has 0 spiro atoms. The molecule has 144 valence electrons. The van der Waals surface area contributed by atoms with Crippen LogP contribution in [0.2, 0.25) is 9.36 Å². The Bertz CT molecular complexity index is 784. The van der Waals surface area contributed by atoms with Gasteiger partial charge in [-0.15, -0.1) is 11.3 Å². The number of amides is 1. The zero-order chi connectivity index (χ0) is 19.6. The first kappa shape index (κ1) is 21.0. The van der Waals surface area contributed by atoms with Crippen LogP contribution in [0.3, 0.4) is 0 Å². The van der Waals surface area contributed by atoms with Gasteiger partial charge in [0.25, 0.3) is 12.3 Å². The molecule has 2 aromatic rings. The van der Waals surface area contributed by atoms with Crippen LogP contribution in [0.5, 0.6) is 0 Å². The predicted molar refractivity (Wildman–Crippen MR) is 94.9 cm³/mol. The number of aryl methyl sites for hydroxylation is 1. The largest absolute Gasteiger partial charge is 0.374 e. The molecular formula is C15H17Cl2F2N3O3S. The van der Waals surface area contributed by atoms with Crippen LogP contribution in [0.1, 0.15) is 41.1 Å². The number of rotatable bonds is 7. The van der Waals surface area contributed by atoms with Crippen molar-refractivity contribution in [1.82, 2.24) is 14.8 Å². The summed E-state index contributed by atoms with van der Waals surface area (Å²) in [6.45, 7) is 1.65. The number of ether oxygens (including phenoxy) is 1. The van der Waals surface area contributed by atoms with Gasteiger partial charge in [-0.25, -0.2) is 13.8 Å². The summed E-state index contributed by atoms with van der Waals surface area (Å²) in [7, 11) is 4.16. The van der Waals surface area contributed by atoms with E-state index in [1.54, 1.807) is 12.3 Å². The van der Waals surface area contributed by atoms with Crippen molar-refractivity contribution in [3.63, 3.8) is 0 Å². The lowest BCUT2D eigenvalue weighted by Crippen LogP contribution is -2.42. The van der Waals surface area contributed by atoms with Crippen molar-refractivity contribution in [1.29, 1.82) is 0 Å². The van der Waals surface area contributed by atoms with Crippen LogP contribution in [-0.4, -0.2) is 41.0 Å². The van der Waals surface area contributed by atoms with Gasteiger partial charge >= 0.3 is 0 Å². The molecule has 2 unspecified atom stereocenters. The summed E-state index contributed by atoms with van der Waals surface area (Å²) in [5.41, 5.74) is -0.287. The van der Waals surface area contributed by atoms with Crippen molar-refractivity contribution in [3.05, 3.63) is 37.8 Å². The number of methoxy groups -OCH3 is 1. The fourth-order valence-electron chi connectivity index (χ4n) is 2.62. The fraction of sp³-hybridized carbons (Fsp3) is 0.467. The van der Waals surface area contributed by atoms with E-state index >= 15 is 0 Å². The van der Waals surface area contributed by atoms with Gasteiger partial charge in [0.05, 0.1) is 23.7 Å². The lowest BCUT2D eigenvalue weighted by Gasteiger charge is -2.31. The molecule has 0 radical (unpaired) electrons.